The molecule has 1 aliphatic heterocycles. The zero-order chi connectivity index (χ0) is 15.6. The Balaban J connectivity index is 1.84. The molecule has 2 aliphatic rings. The lowest BCUT2D eigenvalue weighted by molar-refractivity contribution is -0.0507. The summed E-state index contributed by atoms with van der Waals surface area (Å²) in [7, 11) is 0. The molecule has 2 aromatic carbocycles. The summed E-state index contributed by atoms with van der Waals surface area (Å²) in [4.78, 5) is 0. The van der Waals surface area contributed by atoms with Gasteiger partial charge in [-0.05, 0) is 35.4 Å². The lowest BCUT2D eigenvalue weighted by Gasteiger charge is -2.45. The number of benzene rings is 2. The van der Waals surface area contributed by atoms with E-state index in [9.17, 15) is 5.11 Å². The number of hydrogen-bond donors (Lipinski definition) is 1. The Kier molecular flexibility index (Phi) is 2.68. The summed E-state index contributed by atoms with van der Waals surface area (Å²) >= 11 is 0. The van der Waals surface area contributed by atoms with Crippen LogP contribution in [0.25, 0.3) is 0 Å². The van der Waals surface area contributed by atoms with Gasteiger partial charge in [-0.1, -0.05) is 68.4 Å². The smallest absolute Gasteiger partial charge is 0.133 e. The summed E-state index contributed by atoms with van der Waals surface area (Å²) in [5.74, 6) is 0. The summed E-state index contributed by atoms with van der Waals surface area (Å²) in [6.07, 6.45) is 0.792. The summed E-state index contributed by atoms with van der Waals surface area (Å²) in [5, 5.41) is 11.4. The zero-order valence-electron chi connectivity index (χ0n) is 13.3. The van der Waals surface area contributed by atoms with Gasteiger partial charge in [0.15, 0.2) is 0 Å². The van der Waals surface area contributed by atoms with Crippen LogP contribution in [0.15, 0.2) is 54.6 Å². The maximum absolute atomic E-state index is 11.4. The fourth-order valence-corrected chi connectivity index (χ4v) is 4.30. The molecule has 0 saturated carbocycles. The first-order valence-corrected chi connectivity index (χ1v) is 7.94. The van der Waals surface area contributed by atoms with Gasteiger partial charge in [-0.2, -0.15) is 0 Å². The average Bonchev–Trinajstić information content (AvgIpc) is 3.22. The van der Waals surface area contributed by atoms with Gasteiger partial charge in [-0.3, -0.25) is 0 Å². The van der Waals surface area contributed by atoms with Crippen molar-refractivity contribution >= 4 is 0 Å². The molecule has 4 rings (SSSR count). The van der Waals surface area contributed by atoms with Gasteiger partial charge in [-0.15, -0.1) is 0 Å². The normalized spacial score (nSPS) is 35.2. The van der Waals surface area contributed by atoms with Crippen molar-refractivity contribution in [2.24, 2.45) is 0 Å². The molecule has 1 aliphatic carbocycles. The van der Waals surface area contributed by atoms with E-state index in [4.69, 9.17) is 4.74 Å². The quantitative estimate of drug-likeness (QED) is 0.804. The molecule has 0 aromatic heterocycles. The summed E-state index contributed by atoms with van der Waals surface area (Å²) in [6.45, 7) is 6.39. The summed E-state index contributed by atoms with van der Waals surface area (Å²) in [6, 6.07) is 18.5. The standard InChI is InChI=1S/C20H22O2/c1-18(2)13-20(17(22-20)14-9-5-4-6-10-14)19(3,21)16-12-8-7-11-15(16)18/h4-12,17,21H,13H2,1-3H3. The molecule has 114 valence electrons. The largest absolute Gasteiger partial charge is 0.382 e. The number of fused-ring (bicyclic) bond motifs is 1. The Hall–Kier alpha value is -1.64. The van der Waals surface area contributed by atoms with Gasteiger partial charge in [0.25, 0.3) is 0 Å². The Morgan fingerprint density at radius 3 is 2.18 bits per heavy atom. The first-order chi connectivity index (χ1) is 10.4. The van der Waals surface area contributed by atoms with Crippen LogP contribution in [0.3, 0.4) is 0 Å². The van der Waals surface area contributed by atoms with Crippen molar-refractivity contribution in [1.82, 2.24) is 0 Å². The predicted molar refractivity (Wildman–Crippen MR) is 86.7 cm³/mol. The highest BCUT2D eigenvalue weighted by molar-refractivity contribution is 5.47. The Morgan fingerprint density at radius 2 is 1.50 bits per heavy atom. The second-order valence-electron chi connectivity index (χ2n) is 7.48. The van der Waals surface area contributed by atoms with Crippen molar-refractivity contribution in [1.29, 1.82) is 0 Å². The first-order valence-electron chi connectivity index (χ1n) is 7.94. The molecule has 2 heteroatoms. The van der Waals surface area contributed by atoms with E-state index in [2.05, 4.69) is 38.1 Å². The van der Waals surface area contributed by atoms with Crippen molar-refractivity contribution < 1.29 is 9.84 Å². The van der Waals surface area contributed by atoms with Crippen LogP contribution < -0.4 is 0 Å². The molecule has 2 nitrogen and oxygen atoms in total. The molecular formula is C20H22O2. The third-order valence-corrected chi connectivity index (χ3v) is 5.51. The van der Waals surface area contributed by atoms with E-state index in [-0.39, 0.29) is 11.5 Å². The van der Waals surface area contributed by atoms with E-state index in [1.54, 1.807) is 0 Å². The Morgan fingerprint density at radius 1 is 0.909 bits per heavy atom. The van der Waals surface area contributed by atoms with Crippen LogP contribution in [0, 0.1) is 0 Å². The minimum atomic E-state index is -0.973. The van der Waals surface area contributed by atoms with Gasteiger partial charge in [0.1, 0.15) is 17.3 Å². The van der Waals surface area contributed by atoms with Gasteiger partial charge in [0.2, 0.25) is 0 Å². The molecule has 1 spiro atoms. The molecule has 0 radical (unpaired) electrons. The van der Waals surface area contributed by atoms with Crippen molar-refractivity contribution in [2.75, 3.05) is 0 Å². The summed E-state index contributed by atoms with van der Waals surface area (Å²) in [5.41, 5.74) is 1.88. The number of ether oxygens (including phenoxy) is 1. The van der Waals surface area contributed by atoms with Gasteiger partial charge in [0, 0.05) is 0 Å². The van der Waals surface area contributed by atoms with Gasteiger partial charge in [0.05, 0.1) is 0 Å². The number of aliphatic hydroxyl groups is 1. The monoisotopic (exact) mass is 294 g/mol. The predicted octanol–water partition coefficient (Wildman–Crippen LogP) is 4.09. The number of rotatable bonds is 1. The fourth-order valence-electron chi connectivity index (χ4n) is 4.30. The van der Waals surface area contributed by atoms with Crippen molar-refractivity contribution in [3.05, 3.63) is 71.3 Å². The van der Waals surface area contributed by atoms with Crippen LogP contribution in [0.2, 0.25) is 0 Å². The van der Waals surface area contributed by atoms with Crippen LogP contribution in [-0.4, -0.2) is 10.7 Å². The highest BCUT2D eigenvalue weighted by atomic mass is 16.6. The Labute approximate surface area is 131 Å². The minimum absolute atomic E-state index is 0.0115. The lowest BCUT2D eigenvalue weighted by Crippen LogP contribution is -2.50. The summed E-state index contributed by atoms with van der Waals surface area (Å²) < 4.78 is 6.19. The van der Waals surface area contributed by atoms with E-state index in [1.165, 1.54) is 5.56 Å². The maximum Gasteiger partial charge on any atom is 0.133 e. The van der Waals surface area contributed by atoms with Crippen LogP contribution in [-0.2, 0) is 15.8 Å². The molecule has 1 saturated heterocycles. The van der Waals surface area contributed by atoms with Crippen LogP contribution in [0.4, 0.5) is 0 Å². The zero-order valence-corrected chi connectivity index (χ0v) is 13.3. The minimum Gasteiger partial charge on any atom is -0.382 e. The molecule has 1 fully saturated rings. The molecule has 0 amide bonds. The van der Waals surface area contributed by atoms with Gasteiger partial charge >= 0.3 is 0 Å². The van der Waals surface area contributed by atoms with Crippen LogP contribution >= 0.6 is 0 Å². The van der Waals surface area contributed by atoms with Crippen molar-refractivity contribution in [3.63, 3.8) is 0 Å². The number of epoxide rings is 1. The van der Waals surface area contributed by atoms with Crippen molar-refractivity contribution in [3.8, 4) is 0 Å². The lowest BCUT2D eigenvalue weighted by atomic mass is 9.60. The molecule has 2 aromatic rings. The third-order valence-electron chi connectivity index (χ3n) is 5.51. The van der Waals surface area contributed by atoms with E-state index in [0.29, 0.717) is 0 Å². The van der Waals surface area contributed by atoms with E-state index < -0.39 is 11.2 Å². The van der Waals surface area contributed by atoms with Crippen molar-refractivity contribution in [2.45, 2.75) is 49.9 Å². The van der Waals surface area contributed by atoms with E-state index in [0.717, 1.165) is 17.5 Å². The average molecular weight is 294 g/mol. The molecular weight excluding hydrogens is 272 g/mol. The molecule has 1 N–H and O–H groups in total. The molecule has 22 heavy (non-hydrogen) atoms. The molecule has 1 heterocycles. The van der Waals surface area contributed by atoms with Gasteiger partial charge < -0.3 is 9.84 Å². The van der Waals surface area contributed by atoms with Crippen LogP contribution in [0.5, 0.6) is 0 Å². The third kappa shape index (κ3) is 1.68. The molecule has 3 atom stereocenters. The fraction of sp³-hybridized carbons (Fsp3) is 0.400. The molecule has 0 bridgehead atoms. The number of hydrogen-bond acceptors (Lipinski definition) is 2. The second kappa shape index (κ2) is 4.21. The first kappa shape index (κ1) is 14.0. The molecule has 3 unspecified atom stereocenters. The second-order valence-corrected chi connectivity index (χ2v) is 7.48. The Bertz CT molecular complexity index is 717. The topological polar surface area (TPSA) is 32.8 Å². The van der Waals surface area contributed by atoms with Crippen LogP contribution in [0.1, 0.15) is 50.0 Å². The highest BCUT2D eigenvalue weighted by Gasteiger charge is 2.71. The van der Waals surface area contributed by atoms with E-state index in [1.807, 2.05) is 37.3 Å². The highest BCUT2D eigenvalue weighted by Crippen LogP contribution is 2.66. The van der Waals surface area contributed by atoms with Gasteiger partial charge in [-0.25, -0.2) is 0 Å². The SMILES string of the molecule is CC1(C)CC2(OC2c2ccccc2)C(C)(O)c2ccccc21. The maximum atomic E-state index is 11.4. The van der Waals surface area contributed by atoms with E-state index >= 15 is 0 Å².